The van der Waals surface area contributed by atoms with Crippen LogP contribution in [0, 0.1) is 0 Å². The van der Waals surface area contributed by atoms with Crippen molar-refractivity contribution in [2.24, 2.45) is 0 Å². The summed E-state index contributed by atoms with van der Waals surface area (Å²) in [5.74, 6) is 0.555. The summed E-state index contributed by atoms with van der Waals surface area (Å²) in [4.78, 5) is 2.55. The number of para-hydroxylation sites is 3. The van der Waals surface area contributed by atoms with Crippen LogP contribution >= 0.6 is 0 Å². The fourth-order valence-electron chi connectivity index (χ4n) is 11.7. The minimum absolute atomic E-state index is 0.555. The zero-order chi connectivity index (χ0) is 46.4. The predicted molar refractivity (Wildman–Crippen MR) is 298 cm³/mol. The van der Waals surface area contributed by atoms with Crippen LogP contribution in [-0.4, -0.2) is 4.57 Å². The quantitative estimate of drug-likeness (QED) is 0.140. The van der Waals surface area contributed by atoms with Gasteiger partial charge in [0.1, 0.15) is 0 Å². The maximum Gasteiger partial charge on any atom is 0.0546 e. The molecule has 1 saturated carbocycles. The first-order valence-corrected chi connectivity index (χ1v) is 25.0. The molecule has 2 nitrogen and oxygen atoms in total. The average molecular weight is 897 g/mol. The van der Waals surface area contributed by atoms with E-state index in [9.17, 15) is 0 Å². The molecule has 0 bridgehead atoms. The fraction of sp³-hybridized carbons (Fsp3) is 0.0882. The van der Waals surface area contributed by atoms with Crippen molar-refractivity contribution in [2.75, 3.05) is 4.90 Å². The van der Waals surface area contributed by atoms with E-state index in [4.69, 9.17) is 0 Å². The van der Waals surface area contributed by atoms with Crippen molar-refractivity contribution in [3.63, 3.8) is 0 Å². The molecule has 0 aliphatic heterocycles. The van der Waals surface area contributed by atoms with Gasteiger partial charge in [-0.25, -0.2) is 0 Å². The summed E-state index contributed by atoms with van der Waals surface area (Å²) in [6, 6.07) is 92.3. The first-order valence-electron chi connectivity index (χ1n) is 25.0. The van der Waals surface area contributed by atoms with E-state index in [-0.39, 0.29) is 0 Å². The normalized spacial score (nSPS) is 13.1. The third-order valence-electron chi connectivity index (χ3n) is 15.0. The van der Waals surface area contributed by atoms with E-state index in [0.29, 0.717) is 5.92 Å². The lowest BCUT2D eigenvalue weighted by atomic mass is 9.80. The molecule has 2 heteroatoms. The van der Waals surface area contributed by atoms with Crippen molar-refractivity contribution in [3.8, 4) is 50.2 Å². The van der Waals surface area contributed by atoms with Crippen LogP contribution in [0.5, 0.6) is 0 Å². The Labute approximate surface area is 410 Å². The van der Waals surface area contributed by atoms with Gasteiger partial charge in [-0.15, -0.1) is 0 Å². The average Bonchev–Trinajstić information content (AvgIpc) is 3.77. The van der Waals surface area contributed by atoms with Gasteiger partial charge < -0.3 is 9.47 Å². The summed E-state index contributed by atoms with van der Waals surface area (Å²) in [5.41, 5.74) is 18.0. The van der Waals surface area contributed by atoms with Gasteiger partial charge in [0.15, 0.2) is 0 Å². The summed E-state index contributed by atoms with van der Waals surface area (Å²) in [6.07, 6.45) is 6.40. The molecule has 1 aliphatic carbocycles. The summed E-state index contributed by atoms with van der Waals surface area (Å²) in [7, 11) is 0. The third-order valence-corrected chi connectivity index (χ3v) is 15.0. The highest BCUT2D eigenvalue weighted by atomic mass is 15.1. The molecule has 12 aromatic rings. The molecule has 0 saturated heterocycles. The molecule has 0 radical (unpaired) electrons. The van der Waals surface area contributed by atoms with Crippen LogP contribution in [0.4, 0.5) is 17.1 Å². The van der Waals surface area contributed by atoms with Gasteiger partial charge >= 0.3 is 0 Å². The Balaban J connectivity index is 1.06. The van der Waals surface area contributed by atoms with Crippen molar-refractivity contribution in [3.05, 3.63) is 254 Å². The van der Waals surface area contributed by atoms with E-state index >= 15 is 0 Å². The second kappa shape index (κ2) is 17.9. The fourth-order valence-corrected chi connectivity index (χ4v) is 11.7. The SMILES string of the molecule is c1ccc(-c2ccc(-c3cccc4ccccc34)cc2N(c2cccc(-c3ccc4c(c3)c3ccccc3n4-c3ccccc3)c2)c2ccccc2-c2cccc3cccc(C4CCCCC4)c23)cc1. The van der Waals surface area contributed by atoms with E-state index in [1.54, 1.807) is 0 Å². The largest absolute Gasteiger partial charge is 0.309 e. The molecule has 0 amide bonds. The number of anilines is 3. The lowest BCUT2D eigenvalue weighted by Crippen LogP contribution is -2.13. The van der Waals surface area contributed by atoms with E-state index in [0.717, 1.165) is 28.3 Å². The van der Waals surface area contributed by atoms with Crippen molar-refractivity contribution in [1.29, 1.82) is 0 Å². The van der Waals surface area contributed by atoms with Crippen LogP contribution in [0.15, 0.2) is 249 Å². The standard InChI is InChI=1S/C68H52N2/c1-4-20-48(21-5-1)58-42-40-53(57-35-17-25-47-24-10-11-32-56(47)57)46-67(58)70(64-38-14-12-33-60(64)62-37-19-27-50-26-18-36-59(68(50)62)49-22-6-2-7-23-49)55-31-16-28-51(44-55)52-41-43-66-63(45-52)61-34-13-15-39-65(61)69(66)54-29-8-3-9-30-54/h1,3-5,8-21,24-46,49H,2,6-7,22-23H2. The zero-order valence-electron chi connectivity index (χ0n) is 39.2. The minimum Gasteiger partial charge on any atom is -0.309 e. The van der Waals surface area contributed by atoms with Crippen LogP contribution in [0.2, 0.25) is 0 Å². The maximum atomic E-state index is 2.55. The molecule has 1 aliphatic rings. The van der Waals surface area contributed by atoms with E-state index in [2.05, 4.69) is 258 Å². The number of benzene rings is 11. The minimum atomic E-state index is 0.555. The molecule has 1 fully saturated rings. The zero-order valence-corrected chi connectivity index (χ0v) is 39.2. The number of nitrogens with zero attached hydrogens (tertiary/aromatic N) is 2. The second-order valence-electron chi connectivity index (χ2n) is 19.0. The molecule has 11 aromatic carbocycles. The Bertz CT molecular complexity index is 3860. The van der Waals surface area contributed by atoms with Gasteiger partial charge in [0.2, 0.25) is 0 Å². The van der Waals surface area contributed by atoms with Crippen molar-refractivity contribution in [1.82, 2.24) is 4.57 Å². The van der Waals surface area contributed by atoms with Gasteiger partial charge in [0.25, 0.3) is 0 Å². The van der Waals surface area contributed by atoms with Gasteiger partial charge in [-0.2, -0.15) is 0 Å². The molecule has 70 heavy (non-hydrogen) atoms. The summed E-state index contributed by atoms with van der Waals surface area (Å²) in [6.45, 7) is 0. The molecular formula is C68H52N2. The molecular weight excluding hydrogens is 845 g/mol. The van der Waals surface area contributed by atoms with Gasteiger partial charge in [-0.05, 0) is 134 Å². The number of hydrogen-bond donors (Lipinski definition) is 0. The highest BCUT2D eigenvalue weighted by Gasteiger charge is 2.25. The number of fused-ring (bicyclic) bond motifs is 5. The first-order chi connectivity index (χ1) is 34.7. The Morgan fingerprint density at radius 3 is 1.81 bits per heavy atom. The van der Waals surface area contributed by atoms with E-state index in [1.807, 2.05) is 0 Å². The lowest BCUT2D eigenvalue weighted by molar-refractivity contribution is 0.445. The molecule has 334 valence electrons. The van der Waals surface area contributed by atoms with Crippen molar-refractivity contribution < 1.29 is 0 Å². The van der Waals surface area contributed by atoms with Crippen molar-refractivity contribution in [2.45, 2.75) is 38.0 Å². The lowest BCUT2D eigenvalue weighted by Gasteiger charge is -2.31. The topological polar surface area (TPSA) is 8.17 Å². The molecule has 0 N–H and O–H groups in total. The van der Waals surface area contributed by atoms with Crippen LogP contribution in [0.25, 0.3) is 93.5 Å². The van der Waals surface area contributed by atoms with Gasteiger partial charge in [0.05, 0.1) is 22.4 Å². The monoisotopic (exact) mass is 896 g/mol. The van der Waals surface area contributed by atoms with E-state index in [1.165, 1.54) is 120 Å². The van der Waals surface area contributed by atoms with Crippen molar-refractivity contribution >= 4 is 60.4 Å². The molecule has 13 rings (SSSR count). The molecule has 1 heterocycles. The summed E-state index contributed by atoms with van der Waals surface area (Å²) in [5, 5.41) is 7.65. The van der Waals surface area contributed by atoms with E-state index < -0.39 is 0 Å². The first kappa shape index (κ1) is 41.7. The van der Waals surface area contributed by atoms with Gasteiger partial charge in [-0.3, -0.25) is 0 Å². The highest BCUT2D eigenvalue weighted by Crippen LogP contribution is 2.49. The molecule has 0 unspecified atom stereocenters. The maximum absolute atomic E-state index is 2.55. The van der Waals surface area contributed by atoms with Crippen LogP contribution < -0.4 is 4.90 Å². The highest BCUT2D eigenvalue weighted by molar-refractivity contribution is 6.11. The second-order valence-corrected chi connectivity index (χ2v) is 19.0. The van der Waals surface area contributed by atoms with Gasteiger partial charge in [0, 0.05) is 33.3 Å². The van der Waals surface area contributed by atoms with Crippen LogP contribution in [-0.2, 0) is 0 Å². The Morgan fingerprint density at radius 1 is 0.343 bits per heavy atom. The Hall–Kier alpha value is -8.46. The Kier molecular flexibility index (Phi) is 10.7. The van der Waals surface area contributed by atoms with Crippen LogP contribution in [0.3, 0.4) is 0 Å². The third kappa shape index (κ3) is 7.36. The van der Waals surface area contributed by atoms with Gasteiger partial charge in [-0.1, -0.05) is 213 Å². The smallest absolute Gasteiger partial charge is 0.0546 e. The molecule has 0 spiro atoms. The molecule has 0 atom stereocenters. The number of aromatic nitrogens is 1. The predicted octanol–water partition coefficient (Wildman–Crippen LogP) is 19.3. The summed E-state index contributed by atoms with van der Waals surface area (Å²) >= 11 is 0. The number of rotatable bonds is 9. The van der Waals surface area contributed by atoms with Crippen LogP contribution in [0.1, 0.15) is 43.6 Å². The number of hydrogen-bond acceptors (Lipinski definition) is 1. The molecule has 1 aromatic heterocycles. The summed E-state index contributed by atoms with van der Waals surface area (Å²) < 4.78 is 2.39. The Morgan fingerprint density at radius 2 is 0.957 bits per heavy atom.